The maximum atomic E-state index is 12.7. The Balaban J connectivity index is 1.75. The molecule has 1 aliphatic carbocycles. The second-order valence-corrected chi connectivity index (χ2v) is 7.08. The number of carbonyl (C=O) groups excluding carboxylic acids is 1. The van der Waals surface area contributed by atoms with Crippen LogP contribution in [0.5, 0.6) is 0 Å². The van der Waals surface area contributed by atoms with E-state index in [1.165, 1.54) is 24.2 Å². The third-order valence-electron chi connectivity index (χ3n) is 4.27. The van der Waals surface area contributed by atoms with Crippen LogP contribution in [0.4, 0.5) is 5.13 Å². The zero-order valence-corrected chi connectivity index (χ0v) is 13.9. The highest BCUT2D eigenvalue weighted by Gasteiger charge is 2.31. The lowest BCUT2D eigenvalue weighted by Gasteiger charge is -2.22. The summed E-state index contributed by atoms with van der Waals surface area (Å²) < 4.78 is 0.716. The predicted octanol–water partition coefficient (Wildman–Crippen LogP) is 4.19. The number of hydrogen-bond acceptors (Lipinski definition) is 4. The van der Waals surface area contributed by atoms with Gasteiger partial charge in [0.15, 0.2) is 5.13 Å². The Labute approximate surface area is 139 Å². The fraction of sp³-hybridized carbons (Fsp3) is 0.438. The first kappa shape index (κ1) is 15.4. The Morgan fingerprint density at radius 2 is 2.27 bits per heavy atom. The number of anilines is 1. The molecule has 0 aromatic carbocycles. The Bertz CT molecular complexity index is 654. The van der Waals surface area contributed by atoms with E-state index in [9.17, 15) is 4.79 Å². The van der Waals surface area contributed by atoms with Crippen LogP contribution < -0.4 is 5.32 Å². The van der Waals surface area contributed by atoms with Crippen LogP contribution in [0, 0.1) is 16.5 Å². The lowest BCUT2D eigenvalue weighted by Crippen LogP contribution is -2.30. The predicted molar refractivity (Wildman–Crippen MR) is 91.5 cm³/mol. The Morgan fingerprint density at radius 3 is 2.91 bits per heavy atom. The molecule has 0 radical (unpaired) electrons. The van der Waals surface area contributed by atoms with E-state index < -0.39 is 0 Å². The number of thiazole rings is 1. The summed E-state index contributed by atoms with van der Waals surface area (Å²) in [5.41, 5.74) is 1.12. The molecule has 0 aliphatic heterocycles. The van der Waals surface area contributed by atoms with Crippen molar-refractivity contribution in [2.75, 3.05) is 5.32 Å². The summed E-state index contributed by atoms with van der Waals surface area (Å²) in [5, 5.41) is 5.52. The summed E-state index contributed by atoms with van der Waals surface area (Å²) >= 11 is 6.54. The molecule has 6 heteroatoms. The molecule has 22 heavy (non-hydrogen) atoms. The molecule has 4 nitrogen and oxygen atoms in total. The molecular weight excluding hydrogens is 314 g/mol. The second kappa shape index (κ2) is 7.15. The summed E-state index contributed by atoms with van der Waals surface area (Å²) in [6.45, 7) is 0. The molecule has 2 heterocycles. The summed E-state index contributed by atoms with van der Waals surface area (Å²) in [5.74, 6) is 0.545. The van der Waals surface area contributed by atoms with Crippen LogP contribution in [0.3, 0.4) is 0 Å². The van der Waals surface area contributed by atoms with E-state index in [0.29, 0.717) is 15.7 Å². The highest BCUT2D eigenvalue weighted by atomic mass is 32.1. The Hall–Kier alpha value is -1.53. The van der Waals surface area contributed by atoms with Gasteiger partial charge in [0.25, 0.3) is 0 Å². The molecule has 3 rings (SSSR count). The van der Waals surface area contributed by atoms with Gasteiger partial charge in [-0.2, -0.15) is 0 Å². The van der Waals surface area contributed by atoms with Crippen molar-refractivity contribution in [3.63, 3.8) is 0 Å². The quantitative estimate of drug-likeness (QED) is 0.807. The average Bonchev–Trinajstić information content (AvgIpc) is 3.19. The maximum absolute atomic E-state index is 12.7. The largest absolute Gasteiger partial charge is 0.353 e. The lowest BCUT2D eigenvalue weighted by molar-refractivity contribution is -0.121. The Kier molecular flexibility index (Phi) is 5.00. The minimum absolute atomic E-state index is 0.00392. The highest BCUT2D eigenvalue weighted by molar-refractivity contribution is 7.71. The van der Waals surface area contributed by atoms with Gasteiger partial charge >= 0.3 is 0 Å². The van der Waals surface area contributed by atoms with Gasteiger partial charge in [0.2, 0.25) is 5.91 Å². The van der Waals surface area contributed by atoms with Gasteiger partial charge in [-0.05, 0) is 36.8 Å². The number of carbonyl (C=O) groups is 1. The molecule has 116 valence electrons. The van der Waals surface area contributed by atoms with E-state index in [-0.39, 0.29) is 11.8 Å². The van der Waals surface area contributed by atoms with Crippen LogP contribution in [0.25, 0.3) is 0 Å². The van der Waals surface area contributed by atoms with Crippen molar-refractivity contribution < 1.29 is 4.79 Å². The normalized spacial score (nSPS) is 16.5. The summed E-state index contributed by atoms with van der Waals surface area (Å²) in [4.78, 5) is 19.9. The van der Waals surface area contributed by atoms with E-state index in [1.807, 2.05) is 23.7 Å². The van der Waals surface area contributed by atoms with Crippen LogP contribution in [0.15, 0.2) is 29.9 Å². The second-order valence-electron chi connectivity index (χ2n) is 5.74. The summed E-state index contributed by atoms with van der Waals surface area (Å²) in [6, 6.07) is 3.90. The van der Waals surface area contributed by atoms with E-state index in [1.54, 1.807) is 6.20 Å². The van der Waals surface area contributed by atoms with Gasteiger partial charge in [-0.3, -0.25) is 4.79 Å². The number of aromatic nitrogens is 2. The Morgan fingerprint density at radius 1 is 1.45 bits per heavy atom. The number of pyridine rings is 1. The standard InChI is InChI=1S/C16H19N3OS2/c20-15(19-16-17-7-8-22-16)13(12-3-1-2-4-12)9-11-5-6-14(21)18-10-11/h5-8,10,12-13H,1-4,9H2,(H,18,21)(H,17,19,20). The van der Waals surface area contributed by atoms with Crippen LogP contribution in [-0.4, -0.2) is 15.9 Å². The van der Waals surface area contributed by atoms with E-state index in [2.05, 4.69) is 15.3 Å². The fourth-order valence-corrected chi connectivity index (χ4v) is 3.80. The monoisotopic (exact) mass is 333 g/mol. The molecule has 0 spiro atoms. The molecule has 2 aromatic rings. The number of nitrogens with one attached hydrogen (secondary N) is 2. The topological polar surface area (TPSA) is 57.8 Å². The van der Waals surface area contributed by atoms with Gasteiger partial charge in [0.05, 0.1) is 0 Å². The van der Waals surface area contributed by atoms with Gasteiger partial charge < -0.3 is 10.3 Å². The molecule has 1 saturated carbocycles. The smallest absolute Gasteiger partial charge is 0.229 e. The summed E-state index contributed by atoms with van der Waals surface area (Å²) in [6.07, 6.45) is 9.10. The van der Waals surface area contributed by atoms with Gasteiger partial charge in [-0.25, -0.2) is 4.98 Å². The van der Waals surface area contributed by atoms with Crippen molar-refractivity contribution in [3.8, 4) is 0 Å². The number of H-pyrrole nitrogens is 1. The first-order valence-corrected chi connectivity index (χ1v) is 8.89. The maximum Gasteiger partial charge on any atom is 0.229 e. The molecule has 1 unspecified atom stereocenters. The van der Waals surface area contributed by atoms with Crippen LogP contribution in [0.1, 0.15) is 31.2 Å². The molecule has 0 saturated heterocycles. The zero-order chi connectivity index (χ0) is 15.4. The molecule has 1 amide bonds. The third-order valence-corrected chi connectivity index (χ3v) is 5.21. The molecule has 2 aromatic heterocycles. The number of amides is 1. The molecule has 1 fully saturated rings. The summed E-state index contributed by atoms with van der Waals surface area (Å²) in [7, 11) is 0. The molecule has 2 N–H and O–H groups in total. The van der Waals surface area contributed by atoms with E-state index >= 15 is 0 Å². The average molecular weight is 333 g/mol. The fourth-order valence-electron chi connectivity index (χ4n) is 3.14. The minimum Gasteiger partial charge on any atom is -0.353 e. The minimum atomic E-state index is -0.00392. The van der Waals surface area contributed by atoms with Crippen LogP contribution in [-0.2, 0) is 11.2 Å². The van der Waals surface area contributed by atoms with Gasteiger partial charge in [0.1, 0.15) is 4.64 Å². The van der Waals surface area contributed by atoms with Crippen LogP contribution in [0.2, 0.25) is 0 Å². The van der Waals surface area contributed by atoms with Gasteiger partial charge in [-0.1, -0.05) is 31.1 Å². The van der Waals surface area contributed by atoms with Gasteiger partial charge in [-0.15, -0.1) is 11.3 Å². The highest BCUT2D eigenvalue weighted by Crippen LogP contribution is 2.34. The lowest BCUT2D eigenvalue weighted by atomic mass is 9.85. The van der Waals surface area contributed by atoms with Crippen molar-refractivity contribution in [1.82, 2.24) is 9.97 Å². The molecule has 1 aliphatic rings. The number of aromatic amines is 1. The number of hydrogen-bond donors (Lipinski definition) is 2. The number of nitrogens with zero attached hydrogens (tertiary/aromatic N) is 1. The zero-order valence-electron chi connectivity index (χ0n) is 12.2. The molecule has 0 bridgehead atoms. The van der Waals surface area contributed by atoms with Crippen molar-refractivity contribution in [1.29, 1.82) is 0 Å². The molecular formula is C16H19N3OS2. The van der Waals surface area contributed by atoms with E-state index in [4.69, 9.17) is 12.2 Å². The molecule has 1 atom stereocenters. The first-order valence-electron chi connectivity index (χ1n) is 7.60. The first-order chi connectivity index (χ1) is 10.7. The van der Waals surface area contributed by atoms with Crippen molar-refractivity contribution >= 4 is 34.6 Å². The van der Waals surface area contributed by atoms with E-state index in [0.717, 1.165) is 24.8 Å². The SMILES string of the molecule is O=C(Nc1nccs1)C(Cc1ccc(=S)[nH]c1)C1CCCC1. The van der Waals surface area contributed by atoms with Crippen molar-refractivity contribution in [2.24, 2.45) is 11.8 Å². The number of rotatable bonds is 5. The van der Waals surface area contributed by atoms with Gasteiger partial charge in [0, 0.05) is 23.7 Å². The van der Waals surface area contributed by atoms with Crippen molar-refractivity contribution in [2.45, 2.75) is 32.1 Å². The van der Waals surface area contributed by atoms with Crippen molar-refractivity contribution in [3.05, 3.63) is 40.1 Å². The van der Waals surface area contributed by atoms with Crippen LogP contribution >= 0.6 is 23.6 Å². The third kappa shape index (κ3) is 3.81.